The minimum absolute atomic E-state index is 0.129. The molecule has 0 spiro atoms. The molecule has 1 aliphatic carbocycles. The third kappa shape index (κ3) is 11.3. The molecule has 178 valence electrons. The summed E-state index contributed by atoms with van der Waals surface area (Å²) in [7, 11) is 3.12. The highest BCUT2D eigenvalue weighted by Gasteiger charge is 2.15. The Morgan fingerprint density at radius 1 is 1.22 bits per heavy atom. The first-order valence-electron chi connectivity index (χ1n) is 9.82. The summed E-state index contributed by atoms with van der Waals surface area (Å²) in [5, 5.41) is 15.9. The van der Waals surface area contributed by atoms with Crippen molar-refractivity contribution in [2.75, 3.05) is 20.5 Å². The zero-order valence-electron chi connectivity index (χ0n) is 19.4. The molecular formula is C24H33Cl3N2O3. The zero-order valence-corrected chi connectivity index (χ0v) is 21.7. The van der Waals surface area contributed by atoms with Gasteiger partial charge in [-0.2, -0.15) is 0 Å². The molecule has 5 nitrogen and oxygen atoms in total. The van der Waals surface area contributed by atoms with Gasteiger partial charge in [-0.3, -0.25) is 0 Å². The number of nitrogens with one attached hydrogen (secondary N) is 2. The van der Waals surface area contributed by atoms with Gasteiger partial charge in [0.25, 0.3) is 0 Å². The van der Waals surface area contributed by atoms with Crippen molar-refractivity contribution in [2.45, 2.75) is 27.2 Å². The van der Waals surface area contributed by atoms with Gasteiger partial charge in [0.05, 0.1) is 12.1 Å². The van der Waals surface area contributed by atoms with E-state index in [4.69, 9.17) is 27.9 Å². The van der Waals surface area contributed by atoms with Gasteiger partial charge in [0.1, 0.15) is 11.5 Å². The van der Waals surface area contributed by atoms with E-state index < -0.39 is 0 Å². The lowest BCUT2D eigenvalue weighted by Crippen LogP contribution is -2.31. The van der Waals surface area contributed by atoms with Gasteiger partial charge in [-0.05, 0) is 43.7 Å². The van der Waals surface area contributed by atoms with E-state index in [0.717, 1.165) is 5.56 Å². The molecule has 8 heteroatoms. The number of aromatic hydroxyl groups is 1. The fourth-order valence-electron chi connectivity index (χ4n) is 2.31. The van der Waals surface area contributed by atoms with Crippen molar-refractivity contribution in [2.24, 2.45) is 0 Å². The van der Waals surface area contributed by atoms with E-state index in [-0.39, 0.29) is 11.8 Å². The Bertz CT molecular complexity index is 845. The standard InChI is InChI=1S/C13H13ClN2O2.C8H11ClO.C2H6.CH3Cl/c1-15-13(18)16-12-4-2-3-11(14)9-6-5-8(17)7-10(9)12;1-4-6-7(9)8(5-2)10-3;2*1-2/h3-7,17H,2H2,1H3,(H2,15,16,18);4-6H,1H2,2-3H3;1-2H3;1H3/b;7-6+,8-5+;;. The van der Waals surface area contributed by atoms with Crippen LogP contribution in [-0.4, -0.2) is 31.7 Å². The Labute approximate surface area is 207 Å². The molecule has 0 saturated carbocycles. The number of methoxy groups -OCH3 is 1. The Hall–Kier alpha value is -2.34. The molecule has 0 unspecified atom stereocenters. The summed E-state index contributed by atoms with van der Waals surface area (Å²) in [6.07, 6.45) is 10.9. The molecule has 1 aromatic rings. The number of carbonyl (C=O) groups is 1. The second-order valence-electron chi connectivity index (χ2n) is 5.45. The van der Waals surface area contributed by atoms with Crippen LogP contribution in [0, 0.1) is 0 Å². The molecule has 0 fully saturated rings. The van der Waals surface area contributed by atoms with Crippen LogP contribution in [0.1, 0.15) is 38.3 Å². The first-order chi connectivity index (χ1) is 15.4. The average Bonchev–Trinajstić information content (AvgIpc) is 2.96. The Balaban J connectivity index is 0. The van der Waals surface area contributed by atoms with E-state index in [0.29, 0.717) is 33.5 Å². The predicted molar refractivity (Wildman–Crippen MR) is 140 cm³/mol. The predicted octanol–water partition coefficient (Wildman–Crippen LogP) is 7.37. The number of alkyl halides is 1. The molecule has 32 heavy (non-hydrogen) atoms. The summed E-state index contributed by atoms with van der Waals surface area (Å²) >= 11 is 16.5. The molecule has 0 bridgehead atoms. The van der Waals surface area contributed by atoms with Crippen LogP contribution in [0.4, 0.5) is 4.79 Å². The normalized spacial score (nSPS) is 12.3. The SMILES string of the molecule is C=C/C=C(Cl)\C(=C/C)OC.CC.CCl.CNC(=O)NC1=CCC=C(Cl)c2ccc(O)cc21. The third-order valence-electron chi connectivity index (χ3n) is 3.63. The van der Waals surface area contributed by atoms with Crippen molar-refractivity contribution in [3.63, 3.8) is 0 Å². The van der Waals surface area contributed by atoms with Crippen molar-refractivity contribution in [3.8, 4) is 5.75 Å². The van der Waals surface area contributed by atoms with Crippen LogP contribution >= 0.6 is 34.8 Å². The first kappa shape index (κ1) is 31.8. The molecule has 0 aromatic heterocycles. The Morgan fingerprint density at radius 3 is 2.34 bits per heavy atom. The van der Waals surface area contributed by atoms with Crippen LogP contribution in [0.2, 0.25) is 0 Å². The number of hydrogen-bond acceptors (Lipinski definition) is 3. The maximum Gasteiger partial charge on any atom is 0.318 e. The lowest BCUT2D eigenvalue weighted by atomic mass is 10.0. The molecule has 0 atom stereocenters. The minimum Gasteiger partial charge on any atom is -0.508 e. The molecule has 3 N–H and O–H groups in total. The zero-order chi connectivity index (χ0) is 25.1. The fraction of sp³-hybridized carbons (Fsp3) is 0.292. The highest BCUT2D eigenvalue weighted by molar-refractivity contribution is 6.49. The molecule has 0 saturated heterocycles. The highest BCUT2D eigenvalue weighted by Crippen LogP contribution is 2.32. The number of fused-ring (bicyclic) bond motifs is 1. The number of urea groups is 1. The van der Waals surface area contributed by atoms with Crippen LogP contribution in [0.25, 0.3) is 10.7 Å². The van der Waals surface area contributed by atoms with Gasteiger partial charge in [-0.15, -0.1) is 11.6 Å². The van der Waals surface area contributed by atoms with E-state index in [1.165, 1.54) is 6.38 Å². The van der Waals surface area contributed by atoms with Crippen LogP contribution in [0.3, 0.4) is 0 Å². The first-order valence-corrected chi connectivity index (χ1v) is 11.3. The van der Waals surface area contributed by atoms with Crippen molar-refractivity contribution < 1.29 is 14.6 Å². The minimum atomic E-state index is -0.312. The molecule has 0 heterocycles. The largest absolute Gasteiger partial charge is 0.508 e. The average molecular weight is 504 g/mol. The molecule has 0 radical (unpaired) electrons. The van der Waals surface area contributed by atoms with Crippen molar-refractivity contribution in [1.29, 1.82) is 0 Å². The Morgan fingerprint density at radius 2 is 1.84 bits per heavy atom. The van der Waals surface area contributed by atoms with Crippen LogP contribution < -0.4 is 10.6 Å². The van der Waals surface area contributed by atoms with E-state index >= 15 is 0 Å². The van der Waals surface area contributed by atoms with E-state index in [2.05, 4.69) is 28.8 Å². The number of ether oxygens (including phenoxy) is 1. The quantitative estimate of drug-likeness (QED) is 0.228. The molecule has 0 aliphatic heterocycles. The van der Waals surface area contributed by atoms with Crippen LogP contribution in [-0.2, 0) is 4.74 Å². The van der Waals surface area contributed by atoms with Crippen molar-refractivity contribution in [3.05, 3.63) is 77.1 Å². The van der Waals surface area contributed by atoms with E-state index in [1.807, 2.05) is 32.9 Å². The van der Waals surface area contributed by atoms with Gasteiger partial charge in [0.15, 0.2) is 0 Å². The fourth-order valence-corrected chi connectivity index (χ4v) is 2.83. The number of benzene rings is 1. The number of halogens is 3. The topological polar surface area (TPSA) is 70.6 Å². The van der Waals surface area contributed by atoms with Gasteiger partial charge in [-0.25, -0.2) is 4.79 Å². The van der Waals surface area contributed by atoms with Gasteiger partial charge < -0.3 is 20.5 Å². The summed E-state index contributed by atoms with van der Waals surface area (Å²) in [5.74, 6) is 0.797. The maximum absolute atomic E-state index is 11.4. The second-order valence-corrected chi connectivity index (χ2v) is 6.26. The number of allylic oxidation sites excluding steroid dienone is 6. The second kappa shape index (κ2) is 19.4. The smallest absolute Gasteiger partial charge is 0.318 e. The van der Waals surface area contributed by atoms with Gasteiger partial charge in [-0.1, -0.05) is 61.9 Å². The molecule has 1 aromatic carbocycles. The molecule has 2 amide bonds. The van der Waals surface area contributed by atoms with Crippen LogP contribution in [0.5, 0.6) is 5.75 Å². The Kier molecular flexibility index (Phi) is 19.3. The summed E-state index contributed by atoms with van der Waals surface area (Å²) in [6, 6.07) is 4.57. The number of amides is 2. The van der Waals surface area contributed by atoms with E-state index in [9.17, 15) is 9.90 Å². The maximum atomic E-state index is 11.4. The van der Waals surface area contributed by atoms with E-state index in [1.54, 1.807) is 50.6 Å². The number of phenols is 1. The van der Waals surface area contributed by atoms with Crippen molar-refractivity contribution >= 4 is 51.6 Å². The third-order valence-corrected chi connectivity index (χ3v) is 4.30. The van der Waals surface area contributed by atoms with Crippen LogP contribution in [0.15, 0.2) is 65.9 Å². The number of rotatable bonds is 4. The molecule has 2 rings (SSSR count). The summed E-state index contributed by atoms with van der Waals surface area (Å²) in [5.41, 5.74) is 2.12. The summed E-state index contributed by atoms with van der Waals surface area (Å²) in [4.78, 5) is 11.4. The highest BCUT2D eigenvalue weighted by atomic mass is 35.5. The number of phenolic OH excluding ortho intramolecular Hbond substituents is 1. The lowest BCUT2D eigenvalue weighted by molar-refractivity contribution is 0.246. The molecular weight excluding hydrogens is 471 g/mol. The summed E-state index contributed by atoms with van der Waals surface area (Å²) in [6.45, 7) is 9.37. The monoisotopic (exact) mass is 502 g/mol. The van der Waals surface area contributed by atoms with Crippen molar-refractivity contribution in [1.82, 2.24) is 10.6 Å². The van der Waals surface area contributed by atoms with Gasteiger partial charge in [0, 0.05) is 35.3 Å². The van der Waals surface area contributed by atoms with Gasteiger partial charge >= 0.3 is 6.03 Å². The lowest BCUT2D eigenvalue weighted by Gasteiger charge is -2.12. The number of carbonyl (C=O) groups excluding carboxylic acids is 1. The number of hydrogen-bond donors (Lipinski definition) is 3. The summed E-state index contributed by atoms with van der Waals surface area (Å²) < 4.78 is 4.93. The van der Waals surface area contributed by atoms with Gasteiger partial charge in [0.2, 0.25) is 0 Å². The molecule has 1 aliphatic rings.